The van der Waals surface area contributed by atoms with Gasteiger partial charge in [0.05, 0.1) is 4.92 Å². The average molecular weight is 236 g/mol. The molecule has 0 saturated heterocycles. The molecule has 1 aromatic heterocycles. The molecule has 17 heavy (non-hydrogen) atoms. The SMILES string of the molecule is CC#CCCNc1c([N+](=O)[O-])c(C)nn1CC. The summed E-state index contributed by atoms with van der Waals surface area (Å²) in [6.07, 6.45) is 0.654. The van der Waals surface area contributed by atoms with Crippen LogP contribution in [0.25, 0.3) is 0 Å². The predicted octanol–water partition coefficient (Wildman–Crippen LogP) is 1.94. The Balaban J connectivity index is 2.92. The van der Waals surface area contributed by atoms with Crippen molar-refractivity contribution in [1.29, 1.82) is 0 Å². The monoisotopic (exact) mass is 236 g/mol. The molecule has 0 saturated carbocycles. The van der Waals surface area contributed by atoms with Gasteiger partial charge in [0, 0.05) is 19.5 Å². The minimum absolute atomic E-state index is 0.0521. The number of anilines is 1. The van der Waals surface area contributed by atoms with Gasteiger partial charge < -0.3 is 5.32 Å². The van der Waals surface area contributed by atoms with Crippen LogP contribution < -0.4 is 5.32 Å². The maximum atomic E-state index is 10.9. The summed E-state index contributed by atoms with van der Waals surface area (Å²) in [4.78, 5) is 10.5. The Morgan fingerprint density at radius 2 is 2.29 bits per heavy atom. The molecule has 1 N–H and O–H groups in total. The molecule has 1 aromatic rings. The highest BCUT2D eigenvalue weighted by atomic mass is 16.6. The van der Waals surface area contributed by atoms with Crippen molar-refractivity contribution in [3.63, 3.8) is 0 Å². The van der Waals surface area contributed by atoms with E-state index < -0.39 is 4.92 Å². The molecule has 0 radical (unpaired) electrons. The molecule has 0 spiro atoms. The first-order valence-electron chi connectivity index (χ1n) is 5.47. The van der Waals surface area contributed by atoms with Crippen molar-refractivity contribution in [1.82, 2.24) is 9.78 Å². The molecule has 0 atom stereocenters. The minimum atomic E-state index is -0.400. The highest BCUT2D eigenvalue weighted by Gasteiger charge is 2.24. The van der Waals surface area contributed by atoms with Crippen LogP contribution in [0.1, 0.15) is 26.0 Å². The van der Waals surface area contributed by atoms with E-state index in [2.05, 4.69) is 22.3 Å². The van der Waals surface area contributed by atoms with Crippen molar-refractivity contribution in [3.8, 4) is 11.8 Å². The van der Waals surface area contributed by atoms with Crippen LogP contribution in [0.3, 0.4) is 0 Å². The summed E-state index contributed by atoms with van der Waals surface area (Å²) in [6.45, 7) is 6.47. The lowest BCUT2D eigenvalue weighted by atomic mass is 10.3. The summed E-state index contributed by atoms with van der Waals surface area (Å²) in [5, 5.41) is 18.1. The molecule has 6 nitrogen and oxygen atoms in total. The molecule has 0 amide bonds. The maximum absolute atomic E-state index is 10.9. The highest BCUT2D eigenvalue weighted by molar-refractivity contribution is 5.59. The molecule has 0 bridgehead atoms. The Bertz CT molecular complexity index is 468. The molecule has 92 valence electrons. The highest BCUT2D eigenvalue weighted by Crippen LogP contribution is 2.27. The van der Waals surface area contributed by atoms with Crippen molar-refractivity contribution in [2.24, 2.45) is 0 Å². The second-order valence-corrected chi connectivity index (χ2v) is 3.46. The fourth-order valence-electron chi connectivity index (χ4n) is 1.56. The van der Waals surface area contributed by atoms with E-state index in [0.717, 1.165) is 0 Å². The Morgan fingerprint density at radius 3 is 2.82 bits per heavy atom. The topological polar surface area (TPSA) is 73.0 Å². The lowest BCUT2D eigenvalue weighted by molar-refractivity contribution is -0.384. The van der Waals surface area contributed by atoms with Crippen molar-refractivity contribution in [2.75, 3.05) is 11.9 Å². The standard InChI is InChI=1S/C11H16N4O2/c1-4-6-7-8-12-11-10(15(16)17)9(3)13-14(11)5-2/h12H,5,7-8H2,1-3H3. The van der Waals surface area contributed by atoms with Crippen LogP contribution in [-0.4, -0.2) is 21.2 Å². The van der Waals surface area contributed by atoms with Gasteiger partial charge in [-0.3, -0.25) is 10.1 Å². The third kappa shape index (κ3) is 2.97. The number of hydrogen-bond acceptors (Lipinski definition) is 4. The molecule has 0 aromatic carbocycles. The Kier molecular flexibility index (Phi) is 4.52. The fraction of sp³-hybridized carbons (Fsp3) is 0.545. The summed E-state index contributed by atoms with van der Waals surface area (Å²) in [6, 6.07) is 0. The van der Waals surface area contributed by atoms with Crippen LogP contribution in [0.15, 0.2) is 0 Å². The molecule has 0 aliphatic heterocycles. The third-order valence-corrected chi connectivity index (χ3v) is 2.30. The van der Waals surface area contributed by atoms with E-state index in [1.807, 2.05) is 6.92 Å². The van der Waals surface area contributed by atoms with Gasteiger partial charge in [-0.25, -0.2) is 4.68 Å². The molecule has 0 aliphatic rings. The second kappa shape index (κ2) is 5.89. The number of aryl methyl sites for hydroxylation is 2. The van der Waals surface area contributed by atoms with Crippen molar-refractivity contribution in [3.05, 3.63) is 15.8 Å². The normalized spacial score (nSPS) is 9.59. The molecule has 0 unspecified atom stereocenters. The first-order valence-corrected chi connectivity index (χ1v) is 5.47. The van der Waals surface area contributed by atoms with Gasteiger partial charge in [-0.05, 0) is 20.8 Å². The number of aromatic nitrogens is 2. The second-order valence-electron chi connectivity index (χ2n) is 3.46. The lowest BCUT2D eigenvalue weighted by Crippen LogP contribution is -2.09. The molecule has 6 heteroatoms. The van der Waals surface area contributed by atoms with Gasteiger partial charge in [-0.2, -0.15) is 5.10 Å². The number of hydrogen-bond donors (Lipinski definition) is 1. The molecular formula is C11H16N4O2. The van der Waals surface area contributed by atoms with E-state index in [1.54, 1.807) is 18.5 Å². The first kappa shape index (κ1) is 13.0. The van der Waals surface area contributed by atoms with Gasteiger partial charge in [0.15, 0.2) is 0 Å². The van der Waals surface area contributed by atoms with E-state index in [1.165, 1.54) is 0 Å². The number of nitrogens with one attached hydrogen (secondary N) is 1. The van der Waals surface area contributed by atoms with Crippen LogP contribution in [0.2, 0.25) is 0 Å². The van der Waals surface area contributed by atoms with Crippen LogP contribution in [0.5, 0.6) is 0 Å². The Labute approximate surface area is 100 Å². The number of nitro groups is 1. The van der Waals surface area contributed by atoms with Crippen LogP contribution in [-0.2, 0) is 6.54 Å². The van der Waals surface area contributed by atoms with E-state index in [-0.39, 0.29) is 5.69 Å². The van der Waals surface area contributed by atoms with Crippen LogP contribution in [0, 0.1) is 28.9 Å². The zero-order valence-corrected chi connectivity index (χ0v) is 10.3. The van der Waals surface area contributed by atoms with Gasteiger partial charge in [-0.1, -0.05) is 0 Å². The van der Waals surface area contributed by atoms with Crippen molar-refractivity contribution < 1.29 is 4.92 Å². The zero-order valence-electron chi connectivity index (χ0n) is 10.3. The summed E-state index contributed by atoms with van der Waals surface area (Å²) in [5.41, 5.74) is 0.484. The Hall–Kier alpha value is -2.03. The van der Waals surface area contributed by atoms with Crippen LogP contribution >= 0.6 is 0 Å². The lowest BCUT2D eigenvalue weighted by Gasteiger charge is -2.05. The summed E-state index contributed by atoms with van der Waals surface area (Å²) < 4.78 is 1.60. The third-order valence-electron chi connectivity index (χ3n) is 2.30. The summed E-state index contributed by atoms with van der Waals surface area (Å²) in [7, 11) is 0. The van der Waals surface area contributed by atoms with Gasteiger partial charge in [0.2, 0.25) is 5.82 Å². The summed E-state index contributed by atoms with van der Waals surface area (Å²) >= 11 is 0. The smallest absolute Gasteiger partial charge is 0.333 e. The van der Waals surface area contributed by atoms with Crippen LogP contribution in [0.4, 0.5) is 11.5 Å². The van der Waals surface area contributed by atoms with Gasteiger partial charge in [-0.15, -0.1) is 11.8 Å². The van der Waals surface area contributed by atoms with E-state index in [9.17, 15) is 10.1 Å². The predicted molar refractivity (Wildman–Crippen MR) is 65.8 cm³/mol. The Morgan fingerprint density at radius 1 is 1.59 bits per heavy atom. The molecule has 1 heterocycles. The molecule has 1 rings (SSSR count). The number of rotatable bonds is 5. The number of nitrogens with zero attached hydrogens (tertiary/aromatic N) is 3. The van der Waals surface area contributed by atoms with E-state index in [0.29, 0.717) is 31.0 Å². The minimum Gasteiger partial charge on any atom is -0.364 e. The van der Waals surface area contributed by atoms with Gasteiger partial charge >= 0.3 is 5.69 Å². The van der Waals surface area contributed by atoms with Crippen molar-refractivity contribution >= 4 is 11.5 Å². The van der Waals surface area contributed by atoms with Gasteiger partial charge in [0.25, 0.3) is 0 Å². The fourth-order valence-corrected chi connectivity index (χ4v) is 1.56. The van der Waals surface area contributed by atoms with Crippen molar-refractivity contribution in [2.45, 2.75) is 33.7 Å². The summed E-state index contributed by atoms with van der Waals surface area (Å²) in [5.74, 6) is 6.14. The molecular weight excluding hydrogens is 220 g/mol. The first-order chi connectivity index (χ1) is 8.11. The maximum Gasteiger partial charge on any atom is 0.333 e. The molecule has 0 fully saturated rings. The van der Waals surface area contributed by atoms with Gasteiger partial charge in [0.1, 0.15) is 5.69 Å². The largest absolute Gasteiger partial charge is 0.364 e. The quantitative estimate of drug-likeness (QED) is 0.367. The average Bonchev–Trinajstić information content (AvgIpc) is 2.61. The zero-order chi connectivity index (χ0) is 12.8. The molecule has 0 aliphatic carbocycles. The van der Waals surface area contributed by atoms with E-state index >= 15 is 0 Å². The van der Waals surface area contributed by atoms with E-state index in [4.69, 9.17) is 0 Å².